The van der Waals surface area contributed by atoms with E-state index in [-0.39, 0.29) is 11.4 Å². The van der Waals surface area contributed by atoms with Crippen molar-refractivity contribution >= 4 is 5.97 Å². The monoisotopic (exact) mass is 218 g/mol. The molecule has 0 aliphatic heterocycles. The second-order valence-corrected chi connectivity index (χ2v) is 4.76. The Bertz CT molecular complexity index is 369. The summed E-state index contributed by atoms with van der Waals surface area (Å²) in [6, 6.07) is 8.10. The summed E-state index contributed by atoms with van der Waals surface area (Å²) in [5.41, 5.74) is 2.41. The van der Waals surface area contributed by atoms with Gasteiger partial charge in [-0.05, 0) is 16.5 Å². The molecule has 0 heterocycles. The summed E-state index contributed by atoms with van der Waals surface area (Å²) in [7, 11) is 0. The van der Waals surface area contributed by atoms with Gasteiger partial charge in [0.25, 0.3) is 0 Å². The largest absolute Gasteiger partial charge is 0.458 e. The molecule has 86 valence electrons. The molecule has 0 atom stereocenters. The number of carbonyl (C=O) groups is 1. The van der Waals surface area contributed by atoms with Gasteiger partial charge < -0.3 is 4.74 Å². The minimum Gasteiger partial charge on any atom is -0.458 e. The molecule has 0 aliphatic carbocycles. The van der Waals surface area contributed by atoms with Gasteiger partial charge in [-0.3, -0.25) is 0 Å². The molecule has 0 unspecified atom stereocenters. The molecule has 2 heteroatoms. The highest BCUT2D eigenvalue weighted by atomic mass is 16.5. The van der Waals surface area contributed by atoms with Crippen LogP contribution in [0.15, 0.2) is 36.9 Å². The van der Waals surface area contributed by atoms with Crippen LogP contribution >= 0.6 is 0 Å². The van der Waals surface area contributed by atoms with Gasteiger partial charge in [0.05, 0.1) is 0 Å². The van der Waals surface area contributed by atoms with Crippen molar-refractivity contribution in [3.8, 4) is 0 Å². The zero-order valence-corrected chi connectivity index (χ0v) is 10.1. The zero-order valence-electron chi connectivity index (χ0n) is 10.1. The van der Waals surface area contributed by atoms with E-state index >= 15 is 0 Å². The van der Waals surface area contributed by atoms with Crippen LogP contribution in [0, 0.1) is 0 Å². The standard InChI is InChI=1S/C14H18O2/c1-5-13(15)16-10-11-6-8-12(9-7-11)14(2,3)4/h5-9H,1,10H2,2-4H3. The van der Waals surface area contributed by atoms with Gasteiger partial charge in [-0.25, -0.2) is 4.79 Å². The van der Waals surface area contributed by atoms with Crippen LogP contribution in [-0.2, 0) is 21.6 Å². The van der Waals surface area contributed by atoms with Crippen molar-refractivity contribution in [2.24, 2.45) is 0 Å². The lowest BCUT2D eigenvalue weighted by atomic mass is 9.87. The third-order valence-corrected chi connectivity index (χ3v) is 2.37. The third-order valence-electron chi connectivity index (χ3n) is 2.37. The van der Waals surface area contributed by atoms with Gasteiger partial charge in [-0.1, -0.05) is 51.6 Å². The lowest BCUT2D eigenvalue weighted by molar-refractivity contribution is -0.138. The first-order chi connectivity index (χ1) is 7.43. The molecule has 16 heavy (non-hydrogen) atoms. The number of ether oxygens (including phenoxy) is 1. The van der Waals surface area contributed by atoms with E-state index in [1.54, 1.807) is 0 Å². The van der Waals surface area contributed by atoms with Gasteiger partial charge in [0, 0.05) is 6.08 Å². The van der Waals surface area contributed by atoms with Crippen LogP contribution in [-0.4, -0.2) is 5.97 Å². The fourth-order valence-corrected chi connectivity index (χ4v) is 1.31. The third kappa shape index (κ3) is 3.54. The van der Waals surface area contributed by atoms with Crippen LogP contribution in [0.5, 0.6) is 0 Å². The summed E-state index contributed by atoms with van der Waals surface area (Å²) in [4.78, 5) is 10.9. The van der Waals surface area contributed by atoms with Crippen molar-refractivity contribution in [1.82, 2.24) is 0 Å². The van der Waals surface area contributed by atoms with E-state index in [4.69, 9.17) is 4.74 Å². The van der Waals surface area contributed by atoms with Gasteiger partial charge in [-0.15, -0.1) is 0 Å². The summed E-state index contributed by atoms with van der Waals surface area (Å²) in [5.74, 6) is -0.389. The van der Waals surface area contributed by atoms with Crippen molar-refractivity contribution in [2.75, 3.05) is 0 Å². The van der Waals surface area contributed by atoms with Crippen LogP contribution in [0.4, 0.5) is 0 Å². The average Bonchev–Trinajstić information content (AvgIpc) is 2.25. The molecule has 1 aromatic rings. The molecular formula is C14H18O2. The van der Waals surface area contributed by atoms with E-state index < -0.39 is 0 Å². The Kier molecular flexibility index (Phi) is 3.88. The molecule has 0 radical (unpaired) electrons. The van der Waals surface area contributed by atoms with Crippen LogP contribution in [0.3, 0.4) is 0 Å². The van der Waals surface area contributed by atoms with Gasteiger partial charge in [-0.2, -0.15) is 0 Å². The Labute approximate surface area is 96.9 Å². The van der Waals surface area contributed by atoms with E-state index in [0.29, 0.717) is 6.61 Å². The van der Waals surface area contributed by atoms with Gasteiger partial charge in [0.2, 0.25) is 0 Å². The number of rotatable bonds is 3. The van der Waals surface area contributed by atoms with Crippen LogP contribution in [0.1, 0.15) is 31.9 Å². The molecule has 0 aliphatic rings. The Morgan fingerprint density at radius 3 is 2.31 bits per heavy atom. The van der Waals surface area contributed by atoms with Crippen LogP contribution in [0.25, 0.3) is 0 Å². The maximum absolute atomic E-state index is 10.9. The smallest absolute Gasteiger partial charge is 0.330 e. The zero-order chi connectivity index (χ0) is 12.2. The summed E-state index contributed by atoms with van der Waals surface area (Å²) in [5, 5.41) is 0. The molecule has 0 N–H and O–H groups in total. The van der Waals surface area contributed by atoms with Crippen molar-refractivity contribution in [1.29, 1.82) is 0 Å². The molecule has 1 aromatic carbocycles. The molecule has 2 nitrogen and oxygen atoms in total. The minimum absolute atomic E-state index is 0.149. The topological polar surface area (TPSA) is 26.3 Å². The first-order valence-corrected chi connectivity index (χ1v) is 5.32. The Hall–Kier alpha value is -1.57. The fourth-order valence-electron chi connectivity index (χ4n) is 1.31. The number of esters is 1. The predicted octanol–water partition coefficient (Wildman–Crippen LogP) is 3.21. The molecule has 0 fully saturated rings. The normalized spacial score (nSPS) is 10.9. The number of hydrogen-bond donors (Lipinski definition) is 0. The molecule has 0 saturated heterocycles. The molecule has 0 aromatic heterocycles. The van der Waals surface area contributed by atoms with Crippen molar-refractivity contribution in [3.05, 3.63) is 48.0 Å². The number of benzene rings is 1. The minimum atomic E-state index is -0.389. The molecule has 0 bridgehead atoms. The first kappa shape index (κ1) is 12.5. The quantitative estimate of drug-likeness (QED) is 0.575. The summed E-state index contributed by atoms with van der Waals surface area (Å²) >= 11 is 0. The van der Waals surface area contributed by atoms with Crippen molar-refractivity contribution in [2.45, 2.75) is 32.8 Å². The SMILES string of the molecule is C=CC(=O)OCc1ccc(C(C)(C)C)cc1. The van der Waals surface area contributed by atoms with Crippen LogP contribution < -0.4 is 0 Å². The highest BCUT2D eigenvalue weighted by Gasteiger charge is 2.12. The second-order valence-electron chi connectivity index (χ2n) is 4.76. The highest BCUT2D eigenvalue weighted by molar-refractivity contribution is 5.81. The van der Waals surface area contributed by atoms with Crippen LogP contribution in [0.2, 0.25) is 0 Å². The summed E-state index contributed by atoms with van der Waals surface area (Å²) in [6.45, 7) is 10.1. The van der Waals surface area contributed by atoms with Crippen molar-refractivity contribution < 1.29 is 9.53 Å². The van der Waals surface area contributed by atoms with E-state index in [2.05, 4.69) is 39.5 Å². The van der Waals surface area contributed by atoms with Gasteiger partial charge in [0.15, 0.2) is 0 Å². The Morgan fingerprint density at radius 2 is 1.88 bits per heavy atom. The van der Waals surface area contributed by atoms with E-state index in [1.807, 2.05) is 12.1 Å². The van der Waals surface area contributed by atoms with E-state index in [9.17, 15) is 4.79 Å². The summed E-state index contributed by atoms with van der Waals surface area (Å²) < 4.78 is 4.95. The average molecular weight is 218 g/mol. The van der Waals surface area contributed by atoms with E-state index in [1.165, 1.54) is 11.6 Å². The summed E-state index contributed by atoms with van der Waals surface area (Å²) in [6.07, 6.45) is 1.17. The molecule has 1 rings (SSSR count). The predicted molar refractivity (Wildman–Crippen MR) is 65.1 cm³/mol. The lowest BCUT2D eigenvalue weighted by Gasteiger charge is -2.19. The molecule has 0 spiro atoms. The molecule has 0 amide bonds. The van der Waals surface area contributed by atoms with E-state index in [0.717, 1.165) is 5.56 Å². The number of carbonyl (C=O) groups excluding carboxylic acids is 1. The maximum atomic E-state index is 10.9. The highest BCUT2D eigenvalue weighted by Crippen LogP contribution is 2.22. The Morgan fingerprint density at radius 1 is 1.31 bits per heavy atom. The second kappa shape index (κ2) is 4.97. The van der Waals surface area contributed by atoms with Gasteiger partial charge >= 0.3 is 5.97 Å². The number of hydrogen-bond acceptors (Lipinski definition) is 2. The molecule has 0 saturated carbocycles. The van der Waals surface area contributed by atoms with Crippen molar-refractivity contribution in [3.63, 3.8) is 0 Å². The lowest BCUT2D eigenvalue weighted by Crippen LogP contribution is -2.10. The Balaban J connectivity index is 2.65. The fraction of sp³-hybridized carbons (Fsp3) is 0.357. The first-order valence-electron chi connectivity index (χ1n) is 5.32. The molecular weight excluding hydrogens is 200 g/mol. The van der Waals surface area contributed by atoms with Gasteiger partial charge in [0.1, 0.15) is 6.61 Å². The maximum Gasteiger partial charge on any atom is 0.330 e.